The first-order valence-electron chi connectivity index (χ1n) is 4.21. The van der Waals surface area contributed by atoms with E-state index in [4.69, 9.17) is 5.11 Å². The molecule has 1 aliphatic heterocycles. The molecule has 0 aromatic carbocycles. The van der Waals surface area contributed by atoms with Crippen LogP contribution in [0, 0.1) is 0 Å². The average molecular weight is 210 g/mol. The van der Waals surface area contributed by atoms with Crippen LogP contribution in [-0.4, -0.2) is 55.0 Å². The van der Waals surface area contributed by atoms with E-state index >= 15 is 0 Å². The third-order valence-electron chi connectivity index (χ3n) is 2.01. The number of alkyl halides is 2. The molecular weight excluding hydrogens is 198 g/mol. The lowest BCUT2D eigenvalue weighted by Crippen LogP contribution is -2.55. The van der Waals surface area contributed by atoms with Gasteiger partial charge in [0.15, 0.2) is 0 Å². The summed E-state index contributed by atoms with van der Waals surface area (Å²) < 4.78 is 27.5. The van der Waals surface area contributed by atoms with Gasteiger partial charge in [-0.15, -0.1) is 0 Å². The smallest absolute Gasteiger partial charge is 0.407 e. The second kappa shape index (κ2) is 5.06. The van der Waals surface area contributed by atoms with Crippen molar-refractivity contribution < 1.29 is 23.4 Å². The van der Waals surface area contributed by atoms with E-state index in [9.17, 15) is 13.6 Å². The quantitative estimate of drug-likeness (QED) is 0.697. The fraction of sp³-hybridized carbons (Fsp3) is 0.857. The van der Waals surface area contributed by atoms with Crippen LogP contribution >= 0.6 is 0 Å². The van der Waals surface area contributed by atoms with E-state index in [-0.39, 0.29) is 6.61 Å². The number of halogens is 2. The molecule has 1 aliphatic rings. The van der Waals surface area contributed by atoms with Crippen LogP contribution in [0.15, 0.2) is 0 Å². The number of piperazine rings is 1. The second-order valence-electron chi connectivity index (χ2n) is 2.93. The van der Waals surface area contributed by atoms with Gasteiger partial charge in [0.2, 0.25) is 0 Å². The fourth-order valence-corrected chi connectivity index (χ4v) is 1.35. The first-order chi connectivity index (χ1) is 6.61. The molecule has 2 N–H and O–H groups in total. The summed E-state index contributed by atoms with van der Waals surface area (Å²) in [5.74, 6) is 0. The van der Waals surface area contributed by atoms with E-state index in [1.54, 1.807) is 0 Å². The summed E-state index contributed by atoms with van der Waals surface area (Å²) in [5.41, 5.74) is 0. The standard InChI is InChI=1S/C7H12F2N2O3/c8-6(9)14-4-5-3-10-1-2-11(5)7(12)13/h5-6,10H,1-4H2,(H,12,13)/t5-/m0/s1. The Morgan fingerprint density at radius 3 is 3.00 bits per heavy atom. The highest BCUT2D eigenvalue weighted by Crippen LogP contribution is 2.06. The lowest BCUT2D eigenvalue weighted by Gasteiger charge is -2.33. The molecule has 0 saturated carbocycles. The van der Waals surface area contributed by atoms with Crippen molar-refractivity contribution in [3.05, 3.63) is 0 Å². The van der Waals surface area contributed by atoms with Gasteiger partial charge in [-0.3, -0.25) is 0 Å². The van der Waals surface area contributed by atoms with Gasteiger partial charge in [-0.25, -0.2) is 4.79 Å². The number of hydrogen-bond donors (Lipinski definition) is 2. The van der Waals surface area contributed by atoms with Crippen LogP contribution in [0.2, 0.25) is 0 Å². The Bertz CT molecular complexity index is 203. The van der Waals surface area contributed by atoms with E-state index in [0.717, 1.165) is 4.90 Å². The summed E-state index contributed by atoms with van der Waals surface area (Å²) in [6.45, 7) is -1.95. The maximum absolute atomic E-state index is 11.7. The number of hydrogen-bond acceptors (Lipinski definition) is 3. The number of carbonyl (C=O) groups is 1. The van der Waals surface area contributed by atoms with Gasteiger partial charge in [0.05, 0.1) is 12.6 Å². The van der Waals surface area contributed by atoms with Crippen LogP contribution in [0.4, 0.5) is 13.6 Å². The maximum atomic E-state index is 11.7. The Hall–Kier alpha value is -0.950. The van der Waals surface area contributed by atoms with Gasteiger partial charge >= 0.3 is 12.7 Å². The van der Waals surface area contributed by atoms with E-state index < -0.39 is 18.7 Å². The minimum Gasteiger partial charge on any atom is -0.465 e. The van der Waals surface area contributed by atoms with Crippen LogP contribution in [0.5, 0.6) is 0 Å². The van der Waals surface area contributed by atoms with E-state index in [1.165, 1.54) is 0 Å². The van der Waals surface area contributed by atoms with Crippen molar-refractivity contribution in [1.82, 2.24) is 10.2 Å². The summed E-state index contributed by atoms with van der Waals surface area (Å²) >= 11 is 0. The molecule has 0 unspecified atom stereocenters. The number of carboxylic acid groups (broad SMARTS) is 1. The van der Waals surface area contributed by atoms with Gasteiger partial charge in [-0.2, -0.15) is 8.78 Å². The van der Waals surface area contributed by atoms with Crippen molar-refractivity contribution in [3.8, 4) is 0 Å². The molecule has 1 atom stereocenters. The molecular formula is C7H12F2N2O3. The van der Waals surface area contributed by atoms with Gasteiger partial charge < -0.3 is 20.1 Å². The molecule has 1 heterocycles. The molecule has 0 radical (unpaired) electrons. The first kappa shape index (κ1) is 11.1. The minimum atomic E-state index is -2.85. The van der Waals surface area contributed by atoms with Gasteiger partial charge in [0.1, 0.15) is 0 Å². The summed E-state index contributed by atoms with van der Waals surface area (Å²) in [6, 6.07) is -0.532. The van der Waals surface area contributed by atoms with Crippen LogP contribution in [0.3, 0.4) is 0 Å². The van der Waals surface area contributed by atoms with E-state index in [1.807, 2.05) is 0 Å². The lowest BCUT2D eigenvalue weighted by molar-refractivity contribution is -0.140. The highest BCUT2D eigenvalue weighted by molar-refractivity contribution is 5.65. The molecule has 0 spiro atoms. The Kier molecular flexibility index (Phi) is 4.02. The van der Waals surface area contributed by atoms with Crippen molar-refractivity contribution in [3.63, 3.8) is 0 Å². The fourth-order valence-electron chi connectivity index (χ4n) is 1.35. The van der Waals surface area contributed by atoms with Crippen molar-refractivity contribution in [1.29, 1.82) is 0 Å². The van der Waals surface area contributed by atoms with Crippen LogP contribution in [0.25, 0.3) is 0 Å². The van der Waals surface area contributed by atoms with Crippen molar-refractivity contribution in [2.45, 2.75) is 12.7 Å². The molecule has 1 saturated heterocycles. The summed E-state index contributed by atoms with van der Waals surface area (Å²) in [4.78, 5) is 11.8. The van der Waals surface area contributed by atoms with Gasteiger partial charge in [0.25, 0.3) is 0 Å². The highest BCUT2D eigenvalue weighted by atomic mass is 19.3. The lowest BCUT2D eigenvalue weighted by atomic mass is 10.2. The summed E-state index contributed by atoms with van der Waals surface area (Å²) in [6.07, 6.45) is -1.10. The second-order valence-corrected chi connectivity index (χ2v) is 2.93. The first-order valence-corrected chi connectivity index (χ1v) is 4.21. The predicted octanol–water partition coefficient (Wildman–Crippen LogP) is 0.177. The average Bonchev–Trinajstić information content (AvgIpc) is 2.15. The van der Waals surface area contributed by atoms with Gasteiger partial charge in [-0.05, 0) is 0 Å². The molecule has 14 heavy (non-hydrogen) atoms. The normalized spacial score (nSPS) is 22.8. The number of nitrogens with one attached hydrogen (secondary N) is 1. The molecule has 7 heteroatoms. The molecule has 82 valence electrons. The summed E-state index contributed by atoms with van der Waals surface area (Å²) in [5, 5.41) is 11.6. The molecule has 0 bridgehead atoms. The highest BCUT2D eigenvalue weighted by Gasteiger charge is 2.26. The Morgan fingerprint density at radius 1 is 1.71 bits per heavy atom. The zero-order valence-corrected chi connectivity index (χ0v) is 7.45. The van der Waals surface area contributed by atoms with E-state index in [0.29, 0.717) is 19.6 Å². The maximum Gasteiger partial charge on any atom is 0.407 e. The molecule has 1 amide bonds. The third kappa shape index (κ3) is 3.08. The van der Waals surface area contributed by atoms with Crippen LogP contribution in [0.1, 0.15) is 0 Å². The largest absolute Gasteiger partial charge is 0.465 e. The number of ether oxygens (including phenoxy) is 1. The van der Waals surface area contributed by atoms with Gasteiger partial charge in [0, 0.05) is 19.6 Å². The SMILES string of the molecule is O=C(O)N1CCNC[C@H]1COC(F)F. The zero-order valence-electron chi connectivity index (χ0n) is 7.45. The van der Waals surface area contributed by atoms with Crippen molar-refractivity contribution >= 4 is 6.09 Å². The van der Waals surface area contributed by atoms with Crippen LogP contribution in [-0.2, 0) is 4.74 Å². The third-order valence-corrected chi connectivity index (χ3v) is 2.01. The van der Waals surface area contributed by atoms with Crippen molar-refractivity contribution in [2.24, 2.45) is 0 Å². The number of amides is 1. The number of rotatable bonds is 3. The van der Waals surface area contributed by atoms with E-state index in [2.05, 4.69) is 10.1 Å². The van der Waals surface area contributed by atoms with Crippen LogP contribution < -0.4 is 5.32 Å². The topological polar surface area (TPSA) is 61.8 Å². The molecule has 1 rings (SSSR count). The zero-order chi connectivity index (χ0) is 10.6. The molecule has 5 nitrogen and oxygen atoms in total. The minimum absolute atomic E-state index is 0.281. The monoisotopic (exact) mass is 210 g/mol. The van der Waals surface area contributed by atoms with Gasteiger partial charge in [-0.1, -0.05) is 0 Å². The number of nitrogens with zero attached hydrogens (tertiary/aromatic N) is 1. The van der Waals surface area contributed by atoms with Crippen molar-refractivity contribution in [2.75, 3.05) is 26.2 Å². The predicted molar refractivity (Wildman–Crippen MR) is 43.3 cm³/mol. The Labute approximate surface area is 79.6 Å². The molecule has 0 aliphatic carbocycles. The summed E-state index contributed by atoms with van der Waals surface area (Å²) in [7, 11) is 0. The molecule has 1 fully saturated rings. The molecule has 0 aromatic heterocycles. The Balaban J connectivity index is 2.42. The molecule has 0 aromatic rings. The Morgan fingerprint density at radius 2 is 2.43 bits per heavy atom.